The second-order valence-corrected chi connectivity index (χ2v) is 7.27. The molecule has 0 aromatic heterocycles. The maximum Gasteiger partial charge on any atom is 0.252 e. The van der Waals surface area contributed by atoms with Gasteiger partial charge in [-0.3, -0.25) is 9.59 Å². The highest BCUT2D eigenvalue weighted by atomic mass is 16.5. The Bertz CT molecular complexity index is 849. The number of carbonyl (C=O) groups excluding carboxylic acids is 2. The molecular formula is C21H24N2O4. The predicted molar refractivity (Wildman–Crippen MR) is 100.0 cm³/mol. The molecule has 27 heavy (non-hydrogen) atoms. The Morgan fingerprint density at radius 3 is 2.78 bits per heavy atom. The second kappa shape index (κ2) is 7.19. The molecule has 2 N–H and O–H groups in total. The van der Waals surface area contributed by atoms with Gasteiger partial charge in [-0.15, -0.1) is 0 Å². The number of ketones is 1. The summed E-state index contributed by atoms with van der Waals surface area (Å²) in [5, 5.41) is 13.3. The lowest BCUT2D eigenvalue weighted by Gasteiger charge is -2.37. The quantitative estimate of drug-likeness (QED) is 0.837. The standard InChI is InChI=1S/C21H24N2O4/c1-13-18(21(26)23-8-10-27-11-9-23)19(14-4-2-5-15(24)12-14)20-16(22-13)6-3-7-17(20)25/h2,4-5,12,19,22,24H,3,6-11H2,1H3/t19-/m1/s1. The van der Waals surface area contributed by atoms with Crippen LogP contribution in [0.5, 0.6) is 5.75 Å². The van der Waals surface area contributed by atoms with Crippen LogP contribution in [0.3, 0.4) is 0 Å². The number of rotatable bonds is 2. The first kappa shape index (κ1) is 17.8. The van der Waals surface area contributed by atoms with Gasteiger partial charge in [0.15, 0.2) is 5.78 Å². The van der Waals surface area contributed by atoms with Crippen molar-refractivity contribution in [3.8, 4) is 5.75 Å². The average Bonchev–Trinajstić information content (AvgIpc) is 2.67. The van der Waals surface area contributed by atoms with Gasteiger partial charge >= 0.3 is 0 Å². The number of hydrogen-bond acceptors (Lipinski definition) is 5. The smallest absolute Gasteiger partial charge is 0.252 e. The number of allylic oxidation sites excluding steroid dienone is 3. The summed E-state index contributed by atoms with van der Waals surface area (Å²) in [5.74, 6) is -0.304. The zero-order chi connectivity index (χ0) is 19.0. The zero-order valence-electron chi connectivity index (χ0n) is 15.5. The van der Waals surface area contributed by atoms with Gasteiger partial charge in [-0.25, -0.2) is 0 Å². The Balaban J connectivity index is 1.82. The molecular weight excluding hydrogens is 344 g/mol. The highest BCUT2D eigenvalue weighted by molar-refractivity contribution is 6.05. The van der Waals surface area contributed by atoms with Gasteiger partial charge in [-0.1, -0.05) is 12.1 Å². The molecule has 0 radical (unpaired) electrons. The van der Waals surface area contributed by atoms with Crippen LogP contribution in [0.4, 0.5) is 0 Å². The van der Waals surface area contributed by atoms with Crippen molar-refractivity contribution in [1.29, 1.82) is 0 Å². The Labute approximate surface area is 158 Å². The molecule has 1 amide bonds. The SMILES string of the molecule is CC1=C(C(=O)N2CCOCC2)[C@@H](c2cccc(O)c2)C2=C(CCCC2=O)N1. The normalized spacial score (nSPS) is 23.2. The molecule has 2 heterocycles. The van der Waals surface area contributed by atoms with Gasteiger partial charge < -0.3 is 20.1 Å². The van der Waals surface area contributed by atoms with Crippen LogP contribution >= 0.6 is 0 Å². The first-order valence-corrected chi connectivity index (χ1v) is 9.46. The van der Waals surface area contributed by atoms with Gasteiger partial charge in [-0.05, 0) is 37.5 Å². The number of morpholine rings is 1. The van der Waals surface area contributed by atoms with Gasteiger partial charge in [0.05, 0.1) is 13.2 Å². The summed E-state index contributed by atoms with van der Waals surface area (Å²) >= 11 is 0. The Morgan fingerprint density at radius 2 is 2.04 bits per heavy atom. The number of phenols is 1. The molecule has 1 fully saturated rings. The molecule has 0 unspecified atom stereocenters. The molecule has 0 spiro atoms. The molecule has 1 saturated heterocycles. The van der Waals surface area contributed by atoms with E-state index in [0.29, 0.717) is 43.9 Å². The van der Waals surface area contributed by atoms with Crippen molar-refractivity contribution >= 4 is 11.7 Å². The van der Waals surface area contributed by atoms with E-state index in [9.17, 15) is 14.7 Å². The monoisotopic (exact) mass is 368 g/mol. The van der Waals surface area contributed by atoms with Gasteiger partial charge in [0.2, 0.25) is 0 Å². The minimum atomic E-state index is -0.448. The van der Waals surface area contributed by atoms with Crippen molar-refractivity contribution in [2.75, 3.05) is 26.3 Å². The lowest BCUT2D eigenvalue weighted by atomic mass is 9.75. The third kappa shape index (κ3) is 3.25. The lowest BCUT2D eigenvalue weighted by molar-refractivity contribution is -0.131. The third-order valence-electron chi connectivity index (χ3n) is 5.51. The first-order valence-electron chi connectivity index (χ1n) is 9.46. The molecule has 1 aromatic carbocycles. The Hall–Kier alpha value is -2.60. The average molecular weight is 368 g/mol. The molecule has 1 aliphatic carbocycles. The number of hydrogen-bond donors (Lipinski definition) is 2. The number of aromatic hydroxyl groups is 1. The van der Waals surface area contributed by atoms with E-state index in [0.717, 1.165) is 29.8 Å². The number of nitrogens with zero attached hydrogens (tertiary/aromatic N) is 1. The van der Waals surface area contributed by atoms with Crippen LogP contribution in [0.25, 0.3) is 0 Å². The minimum absolute atomic E-state index is 0.0680. The van der Waals surface area contributed by atoms with E-state index in [2.05, 4.69) is 5.32 Å². The molecule has 3 aliphatic rings. The van der Waals surface area contributed by atoms with Crippen LogP contribution in [0, 0.1) is 0 Å². The van der Waals surface area contributed by atoms with Gasteiger partial charge in [0.25, 0.3) is 5.91 Å². The summed E-state index contributed by atoms with van der Waals surface area (Å²) in [4.78, 5) is 28.0. The fourth-order valence-corrected chi connectivity index (χ4v) is 4.24. The maximum atomic E-state index is 13.4. The van der Waals surface area contributed by atoms with Crippen molar-refractivity contribution in [1.82, 2.24) is 10.2 Å². The van der Waals surface area contributed by atoms with Crippen molar-refractivity contribution in [3.05, 3.63) is 52.4 Å². The molecule has 1 aromatic rings. The van der Waals surface area contributed by atoms with Crippen LogP contribution in [-0.2, 0) is 14.3 Å². The molecule has 0 saturated carbocycles. The summed E-state index contributed by atoms with van der Waals surface area (Å²) in [6.07, 6.45) is 2.11. The summed E-state index contributed by atoms with van der Waals surface area (Å²) in [7, 11) is 0. The number of benzene rings is 1. The fraction of sp³-hybridized carbons (Fsp3) is 0.429. The van der Waals surface area contributed by atoms with Crippen LogP contribution < -0.4 is 5.32 Å². The fourth-order valence-electron chi connectivity index (χ4n) is 4.24. The van der Waals surface area contributed by atoms with Crippen molar-refractivity contribution in [2.24, 2.45) is 0 Å². The first-order chi connectivity index (χ1) is 13.1. The van der Waals surface area contributed by atoms with Crippen molar-refractivity contribution in [2.45, 2.75) is 32.1 Å². The molecule has 6 heteroatoms. The zero-order valence-corrected chi connectivity index (χ0v) is 15.5. The Kier molecular flexibility index (Phi) is 4.74. The molecule has 4 rings (SSSR count). The highest BCUT2D eigenvalue weighted by Gasteiger charge is 2.39. The van der Waals surface area contributed by atoms with Crippen LogP contribution in [-0.4, -0.2) is 48.0 Å². The molecule has 1 atom stereocenters. The maximum absolute atomic E-state index is 13.4. The van der Waals surface area contributed by atoms with E-state index in [1.165, 1.54) is 0 Å². The number of Topliss-reactive ketones (excluding diaryl/α,β-unsaturated/α-hetero) is 1. The number of phenolic OH excluding ortho intramolecular Hbond substituents is 1. The van der Waals surface area contributed by atoms with Gasteiger partial charge in [0, 0.05) is 48.0 Å². The summed E-state index contributed by atoms with van der Waals surface area (Å²) in [6, 6.07) is 6.89. The van der Waals surface area contributed by atoms with E-state index in [1.54, 1.807) is 23.1 Å². The molecule has 2 aliphatic heterocycles. The largest absolute Gasteiger partial charge is 0.508 e. The molecule has 6 nitrogen and oxygen atoms in total. The summed E-state index contributed by atoms with van der Waals surface area (Å²) < 4.78 is 5.37. The Morgan fingerprint density at radius 1 is 1.26 bits per heavy atom. The lowest BCUT2D eigenvalue weighted by Crippen LogP contribution is -2.44. The van der Waals surface area contributed by atoms with Crippen molar-refractivity contribution < 1.29 is 19.4 Å². The van der Waals surface area contributed by atoms with Crippen LogP contribution in [0.15, 0.2) is 46.8 Å². The van der Waals surface area contributed by atoms with Crippen LogP contribution in [0.2, 0.25) is 0 Å². The predicted octanol–water partition coefficient (Wildman–Crippen LogP) is 2.22. The third-order valence-corrected chi connectivity index (χ3v) is 5.51. The van der Waals surface area contributed by atoms with E-state index in [-0.39, 0.29) is 17.4 Å². The van der Waals surface area contributed by atoms with Gasteiger partial charge in [0.1, 0.15) is 5.75 Å². The molecule has 0 bridgehead atoms. The number of carbonyl (C=O) groups is 2. The van der Waals surface area contributed by atoms with Crippen LogP contribution in [0.1, 0.15) is 37.7 Å². The number of ether oxygens (including phenoxy) is 1. The van der Waals surface area contributed by atoms with E-state index in [1.807, 2.05) is 13.0 Å². The minimum Gasteiger partial charge on any atom is -0.508 e. The molecule has 142 valence electrons. The summed E-state index contributed by atoms with van der Waals surface area (Å²) in [5.41, 5.74) is 3.74. The van der Waals surface area contributed by atoms with Crippen molar-refractivity contribution in [3.63, 3.8) is 0 Å². The number of nitrogens with one attached hydrogen (secondary N) is 1. The number of dihydropyridines is 1. The number of amides is 1. The van der Waals surface area contributed by atoms with E-state index in [4.69, 9.17) is 4.74 Å². The van der Waals surface area contributed by atoms with Gasteiger partial charge in [-0.2, -0.15) is 0 Å². The summed E-state index contributed by atoms with van der Waals surface area (Å²) in [6.45, 7) is 4.03. The van der Waals surface area contributed by atoms with E-state index < -0.39 is 5.92 Å². The topological polar surface area (TPSA) is 78.9 Å². The van der Waals surface area contributed by atoms with E-state index >= 15 is 0 Å². The highest BCUT2D eigenvalue weighted by Crippen LogP contribution is 2.43. The second-order valence-electron chi connectivity index (χ2n) is 7.27.